The Morgan fingerprint density at radius 1 is 0.917 bits per heavy atom. The summed E-state index contributed by atoms with van der Waals surface area (Å²) in [6.07, 6.45) is 1.13. The second-order valence-electron chi connectivity index (χ2n) is 8.21. The van der Waals surface area contributed by atoms with Crippen molar-refractivity contribution in [1.29, 1.82) is 0 Å². The van der Waals surface area contributed by atoms with E-state index in [0.717, 1.165) is 16.7 Å². The molecule has 7 heteroatoms. The lowest BCUT2D eigenvalue weighted by Crippen LogP contribution is -2.28. The number of aryl methyl sites for hydroxylation is 1. The van der Waals surface area contributed by atoms with E-state index in [1.807, 2.05) is 36.0 Å². The van der Waals surface area contributed by atoms with E-state index < -0.39 is 12.6 Å². The maximum absolute atomic E-state index is 11.3. The van der Waals surface area contributed by atoms with Crippen LogP contribution >= 0.6 is 11.8 Å². The molecule has 6 nitrogen and oxygen atoms in total. The van der Waals surface area contributed by atoms with Crippen molar-refractivity contribution >= 4 is 34.7 Å². The van der Waals surface area contributed by atoms with Gasteiger partial charge in [0.05, 0.1) is 17.8 Å². The molecule has 1 heterocycles. The molecule has 4 aromatic rings. The standard InChI is InChI=1S/C29H28O6S/c1-20(30)33-17-15-25-23(24-13-8-14-26(28(24)35-25)34-19-27(31)32)16-18-36-29(21-9-4-2-5-10-21)22-11-6-3-7-12-22/h2-14,29H,15-19H2,1H3,(H,31,32)/p-1. The van der Waals surface area contributed by atoms with E-state index in [-0.39, 0.29) is 17.8 Å². The van der Waals surface area contributed by atoms with E-state index in [1.165, 1.54) is 18.1 Å². The molecule has 0 spiro atoms. The van der Waals surface area contributed by atoms with Crippen molar-refractivity contribution in [2.75, 3.05) is 19.0 Å². The summed E-state index contributed by atoms with van der Waals surface area (Å²) in [4.78, 5) is 22.2. The second kappa shape index (κ2) is 12.3. The van der Waals surface area contributed by atoms with Crippen LogP contribution in [0.15, 0.2) is 83.3 Å². The summed E-state index contributed by atoms with van der Waals surface area (Å²) in [5.41, 5.74) is 3.96. The third kappa shape index (κ3) is 6.49. The van der Waals surface area contributed by atoms with Crippen LogP contribution in [0.25, 0.3) is 11.0 Å². The van der Waals surface area contributed by atoms with Crippen LogP contribution < -0.4 is 9.84 Å². The molecule has 0 amide bonds. The van der Waals surface area contributed by atoms with Crippen molar-refractivity contribution in [3.63, 3.8) is 0 Å². The van der Waals surface area contributed by atoms with Gasteiger partial charge >= 0.3 is 5.97 Å². The Morgan fingerprint density at radius 3 is 2.19 bits per heavy atom. The number of carbonyl (C=O) groups is 2. The number of fused-ring (bicyclic) bond motifs is 1. The smallest absolute Gasteiger partial charge is 0.302 e. The molecule has 0 aliphatic rings. The molecule has 0 saturated heterocycles. The monoisotopic (exact) mass is 503 g/mol. The first-order valence-corrected chi connectivity index (χ1v) is 12.8. The van der Waals surface area contributed by atoms with Crippen molar-refractivity contribution in [2.45, 2.75) is 25.0 Å². The first-order valence-electron chi connectivity index (χ1n) is 11.7. The predicted octanol–water partition coefficient (Wildman–Crippen LogP) is 4.73. The minimum absolute atomic E-state index is 0.178. The van der Waals surface area contributed by atoms with Gasteiger partial charge in [0.1, 0.15) is 12.4 Å². The van der Waals surface area contributed by atoms with Crippen LogP contribution in [0.1, 0.15) is 34.6 Å². The largest absolute Gasteiger partial charge is 0.546 e. The molecule has 36 heavy (non-hydrogen) atoms. The number of carboxylic acids is 1. The van der Waals surface area contributed by atoms with E-state index in [2.05, 4.69) is 48.5 Å². The molecule has 0 unspecified atom stereocenters. The lowest BCUT2D eigenvalue weighted by molar-refractivity contribution is -0.307. The van der Waals surface area contributed by atoms with Gasteiger partial charge in [0.25, 0.3) is 0 Å². The Kier molecular flexibility index (Phi) is 8.68. The van der Waals surface area contributed by atoms with Crippen molar-refractivity contribution < 1.29 is 28.6 Å². The summed E-state index contributed by atoms with van der Waals surface area (Å²) in [6, 6.07) is 26.2. The maximum Gasteiger partial charge on any atom is 0.302 e. The number of carbonyl (C=O) groups excluding carboxylic acids is 2. The molecule has 0 atom stereocenters. The SMILES string of the molecule is CC(=O)OCCc1oc2c(OCC(=O)[O-])cccc2c1CCSC(c1ccccc1)c1ccccc1. The van der Waals surface area contributed by atoms with Gasteiger partial charge in [0.15, 0.2) is 11.3 Å². The number of benzene rings is 3. The van der Waals surface area contributed by atoms with Gasteiger partial charge in [-0.1, -0.05) is 72.8 Å². The molecule has 186 valence electrons. The van der Waals surface area contributed by atoms with Gasteiger partial charge in [0.2, 0.25) is 0 Å². The van der Waals surface area contributed by atoms with Crippen LogP contribution in [-0.4, -0.2) is 30.9 Å². The van der Waals surface area contributed by atoms with Crippen molar-refractivity contribution in [1.82, 2.24) is 0 Å². The molecule has 1 aromatic heterocycles. The highest BCUT2D eigenvalue weighted by Crippen LogP contribution is 2.38. The normalized spacial score (nSPS) is 11.1. The number of hydrogen-bond acceptors (Lipinski definition) is 7. The van der Waals surface area contributed by atoms with Crippen molar-refractivity contribution in [2.24, 2.45) is 0 Å². The topological polar surface area (TPSA) is 88.8 Å². The first kappa shape index (κ1) is 25.4. The number of esters is 1. The van der Waals surface area contributed by atoms with Gasteiger partial charge in [-0.15, -0.1) is 11.8 Å². The second-order valence-corrected chi connectivity index (χ2v) is 9.42. The number of rotatable bonds is 12. The highest BCUT2D eigenvalue weighted by molar-refractivity contribution is 7.99. The Morgan fingerprint density at radius 2 is 1.58 bits per heavy atom. The molecule has 0 fully saturated rings. The Bertz CT molecular complexity index is 1260. The summed E-state index contributed by atoms with van der Waals surface area (Å²) >= 11 is 1.85. The fourth-order valence-corrected chi connectivity index (χ4v) is 5.38. The average Bonchev–Trinajstić information content (AvgIpc) is 3.24. The molecular formula is C29H27O6S-. The highest BCUT2D eigenvalue weighted by Gasteiger charge is 2.20. The summed E-state index contributed by atoms with van der Waals surface area (Å²) < 4.78 is 16.7. The molecule has 0 bridgehead atoms. The van der Waals surface area contributed by atoms with Gasteiger partial charge < -0.3 is 23.8 Å². The summed E-state index contributed by atoms with van der Waals surface area (Å²) in [5.74, 6) is 0.198. The fraction of sp³-hybridized carbons (Fsp3) is 0.241. The van der Waals surface area contributed by atoms with Gasteiger partial charge in [0, 0.05) is 24.3 Å². The minimum atomic E-state index is -1.31. The van der Waals surface area contributed by atoms with E-state index in [4.69, 9.17) is 13.9 Å². The first-order chi connectivity index (χ1) is 17.5. The molecule has 3 aromatic carbocycles. The number of thioether (sulfide) groups is 1. The number of para-hydroxylation sites is 1. The van der Waals surface area contributed by atoms with E-state index in [1.54, 1.807) is 6.07 Å². The van der Waals surface area contributed by atoms with Gasteiger partial charge in [-0.25, -0.2) is 0 Å². The van der Waals surface area contributed by atoms with Crippen LogP contribution in [0.3, 0.4) is 0 Å². The molecule has 0 aliphatic heterocycles. The van der Waals surface area contributed by atoms with Crippen LogP contribution in [-0.2, 0) is 27.2 Å². The average molecular weight is 504 g/mol. The molecule has 0 aliphatic carbocycles. The third-order valence-corrected chi connectivity index (χ3v) is 7.00. The lowest BCUT2D eigenvalue weighted by Gasteiger charge is -2.18. The van der Waals surface area contributed by atoms with Crippen molar-refractivity contribution in [3.8, 4) is 5.75 Å². The summed E-state index contributed by atoms with van der Waals surface area (Å²) in [6.45, 7) is 1.00. The molecular weight excluding hydrogens is 476 g/mol. The molecule has 0 radical (unpaired) electrons. The van der Waals surface area contributed by atoms with E-state index in [9.17, 15) is 14.7 Å². The quantitative estimate of drug-likeness (QED) is 0.258. The third-order valence-electron chi connectivity index (χ3n) is 5.69. The van der Waals surface area contributed by atoms with Gasteiger partial charge in [-0.3, -0.25) is 4.79 Å². The van der Waals surface area contributed by atoms with Crippen LogP contribution in [0.4, 0.5) is 0 Å². The fourth-order valence-electron chi connectivity index (χ4n) is 4.13. The Balaban J connectivity index is 1.59. The van der Waals surface area contributed by atoms with Crippen LogP contribution in [0.5, 0.6) is 5.75 Å². The Hall–Kier alpha value is -3.71. The zero-order valence-corrected chi connectivity index (χ0v) is 20.8. The van der Waals surface area contributed by atoms with Crippen molar-refractivity contribution in [3.05, 3.63) is 101 Å². The summed E-state index contributed by atoms with van der Waals surface area (Å²) in [7, 11) is 0. The number of furan rings is 1. The maximum atomic E-state index is 11.3. The van der Waals surface area contributed by atoms with Crippen LogP contribution in [0, 0.1) is 0 Å². The number of aliphatic carboxylic acids is 1. The lowest BCUT2D eigenvalue weighted by atomic mass is 10.0. The number of carboxylic acid groups (broad SMARTS) is 1. The minimum Gasteiger partial charge on any atom is -0.546 e. The van der Waals surface area contributed by atoms with Crippen LogP contribution in [0.2, 0.25) is 0 Å². The zero-order chi connectivity index (χ0) is 25.3. The summed E-state index contributed by atoms with van der Waals surface area (Å²) in [5, 5.41) is 11.9. The zero-order valence-electron chi connectivity index (χ0n) is 20.0. The van der Waals surface area contributed by atoms with Gasteiger partial charge in [-0.2, -0.15) is 0 Å². The molecule has 4 rings (SSSR count). The molecule has 0 saturated carbocycles. The van der Waals surface area contributed by atoms with Gasteiger partial charge in [-0.05, 0) is 29.4 Å². The number of ether oxygens (including phenoxy) is 2. The van der Waals surface area contributed by atoms with E-state index >= 15 is 0 Å². The molecule has 0 N–H and O–H groups in total. The van der Waals surface area contributed by atoms with E-state index in [0.29, 0.717) is 29.9 Å². The Labute approximate surface area is 214 Å². The highest BCUT2D eigenvalue weighted by atomic mass is 32.2. The predicted molar refractivity (Wildman–Crippen MR) is 138 cm³/mol. The number of hydrogen-bond donors (Lipinski definition) is 0.